The third-order valence-electron chi connectivity index (χ3n) is 2.28. The van der Waals surface area contributed by atoms with Gasteiger partial charge in [-0.2, -0.15) is 0 Å². The number of carbonyl (C=O) groups excluding carboxylic acids is 2. The molecule has 1 aromatic rings. The largest absolute Gasteiger partial charge is 0.457 e. The quantitative estimate of drug-likeness (QED) is 0.505. The molecule has 0 aliphatic carbocycles. The van der Waals surface area contributed by atoms with Crippen LogP contribution in [0.5, 0.6) is 0 Å². The minimum atomic E-state index is -0.775. The van der Waals surface area contributed by atoms with E-state index in [0.29, 0.717) is 6.54 Å². The van der Waals surface area contributed by atoms with Crippen molar-refractivity contribution in [2.45, 2.75) is 6.92 Å². The number of aryl methyl sites for hydroxylation is 1. The van der Waals surface area contributed by atoms with Crippen LogP contribution in [-0.2, 0) is 14.3 Å². The standard InChI is InChI=1S/C11H11NO3/c1-8-3-2-4-9(7-8)12-5-6-15-11(14)10(12)13/h2-4,7H,5-6H2,1H3. The summed E-state index contributed by atoms with van der Waals surface area (Å²) in [6.45, 7) is 2.63. The fraction of sp³-hybridized carbons (Fsp3) is 0.273. The molecule has 1 saturated heterocycles. The lowest BCUT2D eigenvalue weighted by atomic mass is 10.2. The average molecular weight is 205 g/mol. The molecular weight excluding hydrogens is 194 g/mol. The fourth-order valence-corrected chi connectivity index (χ4v) is 1.55. The summed E-state index contributed by atoms with van der Waals surface area (Å²) in [5.74, 6) is -1.37. The highest BCUT2D eigenvalue weighted by atomic mass is 16.5. The van der Waals surface area contributed by atoms with Gasteiger partial charge in [-0.1, -0.05) is 12.1 Å². The van der Waals surface area contributed by atoms with E-state index in [0.717, 1.165) is 11.3 Å². The molecule has 1 fully saturated rings. The highest BCUT2D eigenvalue weighted by molar-refractivity contribution is 6.38. The highest BCUT2D eigenvalue weighted by Gasteiger charge is 2.29. The van der Waals surface area contributed by atoms with Crippen molar-refractivity contribution in [3.8, 4) is 0 Å². The first-order chi connectivity index (χ1) is 7.18. The number of nitrogens with zero attached hydrogens (tertiary/aromatic N) is 1. The smallest absolute Gasteiger partial charge is 0.397 e. The molecule has 15 heavy (non-hydrogen) atoms. The fourth-order valence-electron chi connectivity index (χ4n) is 1.55. The number of anilines is 1. The van der Waals surface area contributed by atoms with Gasteiger partial charge < -0.3 is 4.74 Å². The molecule has 0 unspecified atom stereocenters. The zero-order valence-corrected chi connectivity index (χ0v) is 8.40. The molecule has 0 radical (unpaired) electrons. The lowest BCUT2D eigenvalue weighted by Crippen LogP contribution is -2.45. The Morgan fingerprint density at radius 2 is 2.13 bits per heavy atom. The number of ether oxygens (including phenoxy) is 1. The zero-order chi connectivity index (χ0) is 10.8. The van der Waals surface area contributed by atoms with Gasteiger partial charge in [-0.3, -0.25) is 9.69 Å². The van der Waals surface area contributed by atoms with Crippen LogP contribution in [0.25, 0.3) is 0 Å². The van der Waals surface area contributed by atoms with Crippen LogP contribution < -0.4 is 4.90 Å². The van der Waals surface area contributed by atoms with E-state index in [2.05, 4.69) is 4.74 Å². The van der Waals surface area contributed by atoms with E-state index in [1.165, 1.54) is 4.90 Å². The van der Waals surface area contributed by atoms with Crippen LogP contribution in [-0.4, -0.2) is 25.0 Å². The first-order valence-corrected chi connectivity index (χ1v) is 4.74. The number of benzene rings is 1. The first kappa shape index (κ1) is 9.71. The van der Waals surface area contributed by atoms with Gasteiger partial charge in [0.1, 0.15) is 6.61 Å². The zero-order valence-electron chi connectivity index (χ0n) is 8.40. The van der Waals surface area contributed by atoms with Gasteiger partial charge in [-0.05, 0) is 24.6 Å². The Bertz CT molecular complexity index is 414. The van der Waals surface area contributed by atoms with Crippen LogP contribution in [0, 0.1) is 6.92 Å². The maximum Gasteiger partial charge on any atom is 0.397 e. The van der Waals surface area contributed by atoms with E-state index in [1.54, 1.807) is 0 Å². The number of esters is 1. The molecule has 4 nitrogen and oxygen atoms in total. The van der Waals surface area contributed by atoms with Crippen molar-refractivity contribution in [1.82, 2.24) is 0 Å². The maximum atomic E-state index is 11.5. The van der Waals surface area contributed by atoms with Crippen LogP contribution >= 0.6 is 0 Å². The Morgan fingerprint density at radius 1 is 1.33 bits per heavy atom. The number of rotatable bonds is 1. The molecule has 1 aromatic carbocycles. The van der Waals surface area contributed by atoms with Gasteiger partial charge in [0.25, 0.3) is 0 Å². The molecule has 4 heteroatoms. The summed E-state index contributed by atoms with van der Waals surface area (Å²) in [6, 6.07) is 7.48. The molecule has 0 spiro atoms. The predicted molar refractivity (Wildman–Crippen MR) is 54.5 cm³/mol. The third-order valence-corrected chi connectivity index (χ3v) is 2.28. The molecule has 2 rings (SSSR count). The average Bonchev–Trinajstić information content (AvgIpc) is 2.22. The predicted octanol–water partition coefficient (Wildman–Crippen LogP) is 0.885. The van der Waals surface area contributed by atoms with E-state index in [9.17, 15) is 9.59 Å². The van der Waals surface area contributed by atoms with Gasteiger partial charge in [-0.15, -0.1) is 0 Å². The molecular formula is C11H11NO3. The normalized spacial score (nSPS) is 16.5. The number of carbonyl (C=O) groups is 2. The molecule has 0 atom stereocenters. The van der Waals surface area contributed by atoms with E-state index >= 15 is 0 Å². The van der Waals surface area contributed by atoms with Crippen LogP contribution in [0.15, 0.2) is 24.3 Å². The highest BCUT2D eigenvalue weighted by Crippen LogP contribution is 2.17. The molecule has 78 valence electrons. The summed E-state index contributed by atoms with van der Waals surface area (Å²) >= 11 is 0. The van der Waals surface area contributed by atoms with Gasteiger partial charge in [0.2, 0.25) is 0 Å². The monoisotopic (exact) mass is 205 g/mol. The summed E-state index contributed by atoms with van der Waals surface area (Å²) in [7, 11) is 0. The first-order valence-electron chi connectivity index (χ1n) is 4.74. The lowest BCUT2D eigenvalue weighted by Gasteiger charge is -2.25. The van der Waals surface area contributed by atoms with Gasteiger partial charge in [0.05, 0.1) is 6.54 Å². The van der Waals surface area contributed by atoms with Crippen molar-refractivity contribution in [2.75, 3.05) is 18.1 Å². The third kappa shape index (κ3) is 1.83. The Kier molecular flexibility index (Phi) is 2.41. The Balaban J connectivity index is 2.30. The number of amides is 1. The molecule has 1 aliphatic heterocycles. The number of hydrogen-bond acceptors (Lipinski definition) is 3. The molecule has 1 aliphatic rings. The van der Waals surface area contributed by atoms with Crippen molar-refractivity contribution < 1.29 is 14.3 Å². The maximum absolute atomic E-state index is 11.5. The van der Waals surface area contributed by atoms with E-state index in [4.69, 9.17) is 0 Å². The van der Waals surface area contributed by atoms with Gasteiger partial charge in [0.15, 0.2) is 0 Å². The summed E-state index contributed by atoms with van der Waals surface area (Å²) in [6.07, 6.45) is 0. The van der Waals surface area contributed by atoms with Crippen molar-refractivity contribution >= 4 is 17.6 Å². The summed E-state index contributed by atoms with van der Waals surface area (Å²) < 4.78 is 4.64. The minimum absolute atomic E-state index is 0.262. The summed E-state index contributed by atoms with van der Waals surface area (Å²) in [4.78, 5) is 24.0. The summed E-state index contributed by atoms with van der Waals surface area (Å²) in [5.41, 5.74) is 1.80. The molecule has 0 bridgehead atoms. The molecule has 1 amide bonds. The number of hydrogen-bond donors (Lipinski definition) is 0. The van der Waals surface area contributed by atoms with Crippen molar-refractivity contribution in [2.24, 2.45) is 0 Å². The number of cyclic esters (lactones) is 1. The topological polar surface area (TPSA) is 46.6 Å². The molecule has 0 N–H and O–H groups in total. The Morgan fingerprint density at radius 3 is 2.87 bits per heavy atom. The molecule has 1 heterocycles. The van der Waals surface area contributed by atoms with Gasteiger partial charge >= 0.3 is 11.9 Å². The van der Waals surface area contributed by atoms with Gasteiger partial charge in [-0.25, -0.2) is 4.79 Å². The lowest BCUT2D eigenvalue weighted by molar-refractivity contribution is -0.156. The second-order valence-electron chi connectivity index (χ2n) is 3.43. The van der Waals surface area contributed by atoms with Crippen LogP contribution in [0.4, 0.5) is 5.69 Å². The van der Waals surface area contributed by atoms with E-state index < -0.39 is 11.9 Å². The second-order valence-corrected chi connectivity index (χ2v) is 3.43. The van der Waals surface area contributed by atoms with Crippen LogP contribution in [0.1, 0.15) is 5.56 Å². The minimum Gasteiger partial charge on any atom is -0.457 e. The van der Waals surface area contributed by atoms with Crippen LogP contribution in [0.2, 0.25) is 0 Å². The molecule has 0 saturated carbocycles. The van der Waals surface area contributed by atoms with Crippen molar-refractivity contribution in [1.29, 1.82) is 0 Å². The Labute approximate surface area is 87.4 Å². The van der Waals surface area contributed by atoms with E-state index in [1.807, 2.05) is 31.2 Å². The molecule has 0 aromatic heterocycles. The Hall–Kier alpha value is -1.84. The SMILES string of the molecule is Cc1cccc(N2CCOC(=O)C2=O)c1. The van der Waals surface area contributed by atoms with Crippen molar-refractivity contribution in [3.05, 3.63) is 29.8 Å². The van der Waals surface area contributed by atoms with Crippen molar-refractivity contribution in [3.63, 3.8) is 0 Å². The van der Waals surface area contributed by atoms with E-state index in [-0.39, 0.29) is 6.61 Å². The van der Waals surface area contributed by atoms with Gasteiger partial charge in [0, 0.05) is 5.69 Å². The second kappa shape index (κ2) is 3.73. The summed E-state index contributed by atoms with van der Waals surface area (Å²) in [5, 5.41) is 0. The van der Waals surface area contributed by atoms with Crippen LogP contribution in [0.3, 0.4) is 0 Å². The number of morpholine rings is 1.